The molecule has 1 fully saturated rings. The summed E-state index contributed by atoms with van der Waals surface area (Å²) < 4.78 is 1.93. The van der Waals surface area contributed by atoms with E-state index in [0.717, 1.165) is 22.1 Å². The zero-order chi connectivity index (χ0) is 18.8. The van der Waals surface area contributed by atoms with Gasteiger partial charge in [-0.15, -0.1) is 0 Å². The van der Waals surface area contributed by atoms with Crippen LogP contribution in [0.2, 0.25) is 5.02 Å². The van der Waals surface area contributed by atoms with E-state index in [1.54, 1.807) is 0 Å². The minimum absolute atomic E-state index is 0.653. The normalized spacial score (nSPS) is 19.9. The molecule has 4 rings (SSSR count). The molecular formula is C22H24ClN3S. The number of fused-ring (bicyclic) bond motifs is 1. The van der Waals surface area contributed by atoms with E-state index in [2.05, 4.69) is 28.6 Å². The second kappa shape index (κ2) is 7.99. The molecule has 0 spiro atoms. The zero-order valence-corrected chi connectivity index (χ0v) is 17.1. The van der Waals surface area contributed by atoms with E-state index >= 15 is 0 Å². The van der Waals surface area contributed by atoms with Gasteiger partial charge in [0.1, 0.15) is 0 Å². The third-order valence-corrected chi connectivity index (χ3v) is 6.17. The molecule has 1 saturated carbocycles. The molecule has 0 radical (unpaired) electrons. The number of thiocarbonyl (C=S) groups is 1. The van der Waals surface area contributed by atoms with Crippen LogP contribution in [0.25, 0.3) is 10.9 Å². The third kappa shape index (κ3) is 4.33. The molecule has 0 atom stereocenters. The van der Waals surface area contributed by atoms with Gasteiger partial charge in [-0.1, -0.05) is 36.0 Å². The summed E-state index contributed by atoms with van der Waals surface area (Å²) in [4.78, 5) is 0.914. The van der Waals surface area contributed by atoms with Gasteiger partial charge in [0.2, 0.25) is 0 Å². The highest BCUT2D eigenvalue weighted by atomic mass is 35.5. The molecule has 140 valence electrons. The lowest BCUT2D eigenvalue weighted by Crippen LogP contribution is -2.19. The number of hydrogen-bond donors (Lipinski definition) is 1. The van der Waals surface area contributed by atoms with Crippen LogP contribution in [0.3, 0.4) is 0 Å². The quantitative estimate of drug-likeness (QED) is 0.521. The van der Waals surface area contributed by atoms with Crippen LogP contribution in [-0.2, 0) is 7.05 Å². The zero-order valence-electron chi connectivity index (χ0n) is 15.5. The Morgan fingerprint density at radius 1 is 1.19 bits per heavy atom. The number of hydrogen-bond acceptors (Lipinski definition) is 2. The van der Waals surface area contributed by atoms with Gasteiger partial charge in [-0.2, -0.15) is 5.10 Å². The Bertz CT molecular complexity index is 957. The molecule has 0 bridgehead atoms. The van der Waals surface area contributed by atoms with Crippen LogP contribution in [-0.4, -0.2) is 14.8 Å². The molecule has 0 aliphatic heterocycles. The summed E-state index contributed by atoms with van der Waals surface area (Å²) in [5.74, 6) is 1.32. The molecule has 0 saturated heterocycles. The highest BCUT2D eigenvalue weighted by molar-refractivity contribution is 7.80. The van der Waals surface area contributed by atoms with Gasteiger partial charge in [0.25, 0.3) is 0 Å². The van der Waals surface area contributed by atoms with Crippen LogP contribution in [0.5, 0.6) is 0 Å². The Balaban J connectivity index is 1.32. The number of anilines is 1. The van der Waals surface area contributed by atoms with Crippen LogP contribution in [0.4, 0.5) is 5.69 Å². The lowest BCUT2D eigenvalue weighted by molar-refractivity contribution is 0.335. The minimum atomic E-state index is 0.653. The van der Waals surface area contributed by atoms with Crippen molar-refractivity contribution in [3.63, 3.8) is 0 Å². The highest BCUT2D eigenvalue weighted by Crippen LogP contribution is 2.38. The number of nitrogens with one attached hydrogen (secondary N) is 1. The molecule has 1 heterocycles. The number of aryl methyl sites for hydroxylation is 1. The number of halogens is 1. The summed E-state index contributed by atoms with van der Waals surface area (Å²) in [5.41, 5.74) is 3.63. The Morgan fingerprint density at radius 3 is 2.78 bits per heavy atom. The Hall–Kier alpha value is -1.91. The van der Waals surface area contributed by atoms with E-state index in [0.29, 0.717) is 11.8 Å². The van der Waals surface area contributed by atoms with E-state index < -0.39 is 0 Å². The van der Waals surface area contributed by atoms with Gasteiger partial charge < -0.3 is 5.32 Å². The van der Waals surface area contributed by atoms with Gasteiger partial charge >= 0.3 is 0 Å². The topological polar surface area (TPSA) is 29.9 Å². The van der Waals surface area contributed by atoms with E-state index in [1.165, 1.54) is 42.1 Å². The molecule has 27 heavy (non-hydrogen) atoms. The Labute approximate surface area is 170 Å². The summed E-state index contributed by atoms with van der Waals surface area (Å²) in [7, 11) is 1.99. The van der Waals surface area contributed by atoms with Crippen molar-refractivity contribution in [2.45, 2.75) is 38.0 Å². The van der Waals surface area contributed by atoms with Crippen LogP contribution in [0.1, 0.15) is 43.6 Å². The van der Waals surface area contributed by atoms with Gasteiger partial charge in [-0.05, 0) is 73.4 Å². The molecule has 1 N–H and O–H groups in total. The first-order chi connectivity index (χ1) is 13.1. The molecule has 0 unspecified atom stereocenters. The first-order valence-electron chi connectivity index (χ1n) is 9.55. The summed E-state index contributed by atoms with van der Waals surface area (Å²) in [6.07, 6.45) is 7.84. The average molecular weight is 398 g/mol. The fourth-order valence-corrected chi connectivity index (χ4v) is 4.72. The standard InChI is InChI=1S/C22H24ClN3S/c1-26-21-10-9-17(12-18(21)14-24-26)16-7-5-15(6-8-16)11-22(27)25-20-4-2-3-19(23)13-20/h2-4,9-10,12-16H,5-8,11H2,1H3,(H,25,27). The minimum Gasteiger partial charge on any atom is -0.350 e. The van der Waals surface area contributed by atoms with Crippen molar-refractivity contribution in [2.24, 2.45) is 13.0 Å². The summed E-state index contributed by atoms with van der Waals surface area (Å²) in [5, 5.41) is 9.66. The predicted molar refractivity (Wildman–Crippen MR) is 118 cm³/mol. The monoisotopic (exact) mass is 397 g/mol. The Kier molecular flexibility index (Phi) is 5.46. The number of rotatable bonds is 4. The number of aromatic nitrogens is 2. The average Bonchev–Trinajstić information content (AvgIpc) is 3.03. The molecule has 1 aromatic heterocycles. The smallest absolute Gasteiger partial charge is 0.0800 e. The van der Waals surface area contributed by atoms with Crippen LogP contribution >= 0.6 is 23.8 Å². The number of benzene rings is 2. The molecule has 3 aromatic rings. The van der Waals surface area contributed by atoms with Crippen molar-refractivity contribution in [3.05, 3.63) is 59.2 Å². The second-order valence-corrected chi connectivity index (χ2v) is 8.50. The van der Waals surface area contributed by atoms with Gasteiger partial charge in [-0.25, -0.2) is 0 Å². The largest absolute Gasteiger partial charge is 0.350 e. The van der Waals surface area contributed by atoms with E-state index in [9.17, 15) is 0 Å². The van der Waals surface area contributed by atoms with Crippen molar-refractivity contribution in [1.82, 2.24) is 9.78 Å². The molecule has 1 aliphatic rings. The maximum absolute atomic E-state index is 6.04. The first-order valence-corrected chi connectivity index (χ1v) is 10.3. The van der Waals surface area contributed by atoms with Crippen molar-refractivity contribution < 1.29 is 0 Å². The predicted octanol–water partition coefficient (Wildman–Crippen LogP) is 6.33. The summed E-state index contributed by atoms with van der Waals surface area (Å²) in [6.45, 7) is 0. The molecule has 5 heteroatoms. The number of nitrogens with zero attached hydrogens (tertiary/aromatic N) is 2. The van der Waals surface area contributed by atoms with Gasteiger partial charge in [-0.3, -0.25) is 4.68 Å². The van der Waals surface area contributed by atoms with Crippen molar-refractivity contribution >= 4 is 45.4 Å². The lowest BCUT2D eigenvalue weighted by Gasteiger charge is -2.29. The van der Waals surface area contributed by atoms with E-state index in [-0.39, 0.29) is 0 Å². The van der Waals surface area contributed by atoms with Gasteiger partial charge in [0, 0.05) is 29.6 Å². The van der Waals surface area contributed by atoms with E-state index in [1.807, 2.05) is 42.2 Å². The van der Waals surface area contributed by atoms with Gasteiger partial charge in [0.05, 0.1) is 16.7 Å². The molecule has 0 amide bonds. The van der Waals surface area contributed by atoms with Gasteiger partial charge in [0.15, 0.2) is 0 Å². The Morgan fingerprint density at radius 2 is 2.00 bits per heavy atom. The van der Waals surface area contributed by atoms with Crippen molar-refractivity contribution in [2.75, 3.05) is 5.32 Å². The molecule has 3 nitrogen and oxygen atoms in total. The second-order valence-electron chi connectivity index (χ2n) is 7.57. The van der Waals surface area contributed by atoms with Crippen LogP contribution in [0.15, 0.2) is 48.7 Å². The SMILES string of the molecule is Cn1ncc2cc(C3CCC(CC(=S)Nc4cccc(Cl)c4)CC3)ccc21. The maximum atomic E-state index is 6.04. The fourth-order valence-electron chi connectivity index (χ4n) is 4.18. The van der Waals surface area contributed by atoms with Crippen molar-refractivity contribution in [1.29, 1.82) is 0 Å². The third-order valence-electron chi connectivity index (χ3n) is 5.67. The van der Waals surface area contributed by atoms with E-state index in [4.69, 9.17) is 23.8 Å². The maximum Gasteiger partial charge on any atom is 0.0800 e. The lowest BCUT2D eigenvalue weighted by atomic mass is 9.77. The summed E-state index contributed by atoms with van der Waals surface area (Å²) in [6, 6.07) is 14.5. The van der Waals surface area contributed by atoms with Crippen LogP contribution < -0.4 is 5.32 Å². The van der Waals surface area contributed by atoms with Crippen molar-refractivity contribution in [3.8, 4) is 0 Å². The molecular weight excluding hydrogens is 374 g/mol. The summed E-state index contributed by atoms with van der Waals surface area (Å²) >= 11 is 11.6. The first kappa shape index (κ1) is 18.5. The highest BCUT2D eigenvalue weighted by Gasteiger charge is 2.23. The fraction of sp³-hybridized carbons (Fsp3) is 0.364. The van der Waals surface area contributed by atoms with Crippen LogP contribution in [0, 0.1) is 5.92 Å². The molecule has 1 aliphatic carbocycles. The molecule has 2 aromatic carbocycles.